The van der Waals surface area contributed by atoms with Gasteiger partial charge in [0.2, 0.25) is 5.72 Å². The largest absolute Gasteiger partial charge is 0.387 e. The number of hydrogen-bond acceptors (Lipinski definition) is 4. The minimum Gasteiger partial charge on any atom is -0.387 e. The third-order valence-corrected chi connectivity index (χ3v) is 3.86. The van der Waals surface area contributed by atoms with Gasteiger partial charge in [0.25, 0.3) is 5.91 Å². The summed E-state index contributed by atoms with van der Waals surface area (Å²) in [5.41, 5.74) is 6.59. The highest BCUT2D eigenvalue weighted by Gasteiger charge is 2.39. The number of ether oxygens (including phenoxy) is 1. The summed E-state index contributed by atoms with van der Waals surface area (Å²) in [6.45, 7) is 4.17. The fraction of sp³-hybridized carbons (Fsp3) is 0.316. The lowest BCUT2D eigenvalue weighted by atomic mass is 10.0. The Balaban J connectivity index is 2.24. The first-order chi connectivity index (χ1) is 11.5. The van der Waals surface area contributed by atoms with Gasteiger partial charge in [-0.25, -0.2) is 0 Å². The fourth-order valence-corrected chi connectivity index (χ4v) is 2.66. The Labute approximate surface area is 142 Å². The summed E-state index contributed by atoms with van der Waals surface area (Å²) in [5.74, 6) is -0.646. The zero-order valence-corrected chi connectivity index (χ0v) is 14.0. The molecule has 0 fully saturated rings. The van der Waals surface area contributed by atoms with E-state index in [2.05, 4.69) is 5.32 Å². The average Bonchev–Trinajstić information content (AvgIpc) is 2.59. The van der Waals surface area contributed by atoms with Gasteiger partial charge in [0.15, 0.2) is 0 Å². The minimum atomic E-state index is -1.47. The van der Waals surface area contributed by atoms with Crippen LogP contribution in [0.2, 0.25) is 0 Å². The molecule has 0 aliphatic heterocycles. The maximum Gasteiger partial charge on any atom is 0.269 e. The van der Waals surface area contributed by atoms with Crippen molar-refractivity contribution in [3.8, 4) is 0 Å². The van der Waals surface area contributed by atoms with Gasteiger partial charge in [-0.15, -0.1) is 0 Å². The first-order valence-corrected chi connectivity index (χ1v) is 7.98. The number of nitrogens with two attached hydrogens (primary N) is 1. The normalized spacial score (nSPS) is 14.8. The Bertz CT molecular complexity index is 675. The Kier molecular flexibility index (Phi) is 6.09. The Morgan fingerprint density at radius 3 is 2.54 bits per heavy atom. The molecule has 2 atom stereocenters. The van der Waals surface area contributed by atoms with Crippen molar-refractivity contribution in [2.45, 2.75) is 25.7 Å². The molecule has 0 radical (unpaired) electrons. The second-order valence-corrected chi connectivity index (χ2v) is 5.66. The first kappa shape index (κ1) is 18.1. The Morgan fingerprint density at radius 1 is 1.25 bits per heavy atom. The number of carbonyl (C=O) groups is 1. The topological polar surface area (TPSA) is 84.6 Å². The summed E-state index contributed by atoms with van der Waals surface area (Å²) in [6.07, 6.45) is -0.784. The maximum absolute atomic E-state index is 12.2. The van der Waals surface area contributed by atoms with Gasteiger partial charge in [-0.3, -0.25) is 10.1 Å². The van der Waals surface area contributed by atoms with Gasteiger partial charge in [-0.2, -0.15) is 0 Å². The van der Waals surface area contributed by atoms with Crippen molar-refractivity contribution in [3.05, 3.63) is 71.3 Å². The number of amides is 1. The summed E-state index contributed by atoms with van der Waals surface area (Å²) in [6, 6.07) is 16.6. The van der Waals surface area contributed by atoms with E-state index in [0.717, 1.165) is 11.1 Å². The molecule has 0 heterocycles. The van der Waals surface area contributed by atoms with E-state index in [4.69, 9.17) is 10.5 Å². The minimum absolute atomic E-state index is 0.126. The molecular formula is C19H24N2O3. The standard InChI is InChI=1S/C19H24N2O3/c1-3-24-19(18(20)23,16-10-5-4-6-11-16)21-13-17(22)15-9-7-8-14(2)12-15/h4-12,17,21-22H,3,13H2,1-2H3,(H2,20,23). The number of benzene rings is 2. The van der Waals surface area contributed by atoms with Crippen molar-refractivity contribution < 1.29 is 14.6 Å². The number of aliphatic hydroxyl groups is 1. The van der Waals surface area contributed by atoms with Crippen molar-refractivity contribution in [2.24, 2.45) is 5.73 Å². The number of nitrogens with one attached hydrogen (secondary N) is 1. The molecule has 0 aliphatic carbocycles. The quantitative estimate of drug-likeness (QED) is 0.647. The molecule has 0 aliphatic rings. The monoisotopic (exact) mass is 328 g/mol. The van der Waals surface area contributed by atoms with E-state index in [9.17, 15) is 9.90 Å². The summed E-state index contributed by atoms with van der Waals surface area (Å²) in [5, 5.41) is 13.5. The summed E-state index contributed by atoms with van der Waals surface area (Å²) < 4.78 is 5.69. The van der Waals surface area contributed by atoms with Crippen molar-refractivity contribution >= 4 is 5.91 Å². The van der Waals surface area contributed by atoms with E-state index in [1.165, 1.54) is 0 Å². The predicted molar refractivity (Wildman–Crippen MR) is 93.1 cm³/mol. The zero-order chi connectivity index (χ0) is 17.6. The van der Waals surface area contributed by atoms with Gasteiger partial charge in [-0.05, 0) is 19.4 Å². The molecule has 2 unspecified atom stereocenters. The molecule has 4 N–H and O–H groups in total. The van der Waals surface area contributed by atoms with Crippen LogP contribution in [0, 0.1) is 6.92 Å². The number of hydrogen-bond donors (Lipinski definition) is 3. The highest BCUT2D eigenvalue weighted by molar-refractivity contribution is 5.84. The van der Waals surface area contributed by atoms with Gasteiger partial charge in [-0.1, -0.05) is 60.2 Å². The van der Waals surface area contributed by atoms with E-state index in [1.807, 2.05) is 49.4 Å². The van der Waals surface area contributed by atoms with Crippen LogP contribution in [0.25, 0.3) is 0 Å². The second kappa shape index (κ2) is 8.06. The number of rotatable bonds is 8. The fourth-order valence-electron chi connectivity index (χ4n) is 2.66. The van der Waals surface area contributed by atoms with Crippen LogP contribution in [0.1, 0.15) is 29.7 Å². The number of aliphatic hydroxyl groups excluding tert-OH is 1. The highest BCUT2D eigenvalue weighted by Crippen LogP contribution is 2.24. The van der Waals surface area contributed by atoms with Gasteiger partial charge < -0.3 is 15.6 Å². The molecular weight excluding hydrogens is 304 g/mol. The Hall–Kier alpha value is -2.21. The molecule has 0 saturated carbocycles. The average molecular weight is 328 g/mol. The molecule has 2 aromatic rings. The molecule has 5 heteroatoms. The van der Waals surface area contributed by atoms with Crippen molar-refractivity contribution in [3.63, 3.8) is 0 Å². The smallest absolute Gasteiger partial charge is 0.269 e. The summed E-state index contributed by atoms with van der Waals surface area (Å²) in [4.78, 5) is 12.2. The lowest BCUT2D eigenvalue weighted by Gasteiger charge is -2.32. The third-order valence-electron chi connectivity index (χ3n) is 3.86. The lowest BCUT2D eigenvalue weighted by molar-refractivity contribution is -0.151. The van der Waals surface area contributed by atoms with Crippen LogP contribution in [-0.4, -0.2) is 24.2 Å². The van der Waals surface area contributed by atoms with Crippen molar-refractivity contribution in [2.75, 3.05) is 13.2 Å². The van der Waals surface area contributed by atoms with E-state index in [0.29, 0.717) is 12.2 Å². The van der Waals surface area contributed by atoms with Gasteiger partial charge in [0.1, 0.15) is 0 Å². The number of carbonyl (C=O) groups excluding carboxylic acids is 1. The summed E-state index contributed by atoms with van der Waals surface area (Å²) >= 11 is 0. The molecule has 5 nitrogen and oxygen atoms in total. The highest BCUT2D eigenvalue weighted by atomic mass is 16.5. The van der Waals surface area contributed by atoms with Crippen LogP contribution < -0.4 is 11.1 Å². The molecule has 2 aromatic carbocycles. The summed E-state index contributed by atoms with van der Waals surface area (Å²) in [7, 11) is 0. The van der Waals surface area contributed by atoms with Crippen molar-refractivity contribution in [1.82, 2.24) is 5.32 Å². The first-order valence-electron chi connectivity index (χ1n) is 7.98. The van der Waals surface area contributed by atoms with Crippen LogP contribution in [-0.2, 0) is 15.3 Å². The molecule has 0 saturated heterocycles. The Morgan fingerprint density at radius 2 is 1.96 bits per heavy atom. The molecule has 0 spiro atoms. The van der Waals surface area contributed by atoms with Crippen LogP contribution in [0.3, 0.4) is 0 Å². The SMILES string of the molecule is CCOC(NCC(O)c1cccc(C)c1)(C(N)=O)c1ccccc1. The van der Waals surface area contributed by atoms with Crippen LogP contribution in [0.4, 0.5) is 0 Å². The maximum atomic E-state index is 12.2. The van der Waals surface area contributed by atoms with Gasteiger partial charge in [0, 0.05) is 18.7 Å². The zero-order valence-electron chi connectivity index (χ0n) is 14.0. The molecule has 24 heavy (non-hydrogen) atoms. The van der Waals surface area contributed by atoms with E-state index < -0.39 is 17.7 Å². The van der Waals surface area contributed by atoms with Gasteiger partial charge >= 0.3 is 0 Å². The van der Waals surface area contributed by atoms with Crippen molar-refractivity contribution in [1.29, 1.82) is 0 Å². The molecule has 128 valence electrons. The molecule has 2 rings (SSSR count). The molecule has 1 amide bonds. The van der Waals surface area contributed by atoms with E-state index in [1.54, 1.807) is 19.1 Å². The van der Waals surface area contributed by atoms with Gasteiger partial charge in [0.05, 0.1) is 6.10 Å². The third kappa shape index (κ3) is 4.00. The second-order valence-electron chi connectivity index (χ2n) is 5.66. The number of primary amides is 1. The molecule has 0 bridgehead atoms. The van der Waals surface area contributed by atoms with Crippen LogP contribution >= 0.6 is 0 Å². The number of aryl methyl sites for hydroxylation is 1. The van der Waals surface area contributed by atoms with E-state index in [-0.39, 0.29) is 6.54 Å². The lowest BCUT2D eigenvalue weighted by Crippen LogP contribution is -2.55. The molecule has 0 aromatic heterocycles. The van der Waals surface area contributed by atoms with Crippen LogP contribution in [0.5, 0.6) is 0 Å². The van der Waals surface area contributed by atoms with Crippen LogP contribution in [0.15, 0.2) is 54.6 Å². The van der Waals surface area contributed by atoms with E-state index >= 15 is 0 Å². The predicted octanol–water partition coefficient (Wildman–Crippen LogP) is 1.99.